The summed E-state index contributed by atoms with van der Waals surface area (Å²) >= 11 is 0. The van der Waals surface area contributed by atoms with Gasteiger partial charge in [0.25, 0.3) is 0 Å². The van der Waals surface area contributed by atoms with E-state index in [1.165, 1.54) is 179 Å². The van der Waals surface area contributed by atoms with Gasteiger partial charge in [-0.25, -0.2) is 0 Å². The van der Waals surface area contributed by atoms with Crippen LogP contribution in [-0.4, -0.2) is 0 Å². The molecule has 0 N–H and O–H groups in total. The molecule has 0 aliphatic heterocycles. The predicted octanol–water partition coefficient (Wildman–Crippen LogP) is 22.4. The van der Waals surface area contributed by atoms with Crippen LogP contribution in [0.1, 0.15) is 304 Å². The maximum absolute atomic E-state index is 2.32. The topological polar surface area (TPSA) is 0 Å². The summed E-state index contributed by atoms with van der Waals surface area (Å²) < 4.78 is 0. The Morgan fingerprint density at radius 2 is 0.712 bits per heavy atom. The first-order chi connectivity index (χ1) is 28.3. The van der Waals surface area contributed by atoms with Crippen LogP contribution in [-0.2, 0) is 6.42 Å². The number of hydrogen-bond acceptors (Lipinski definition) is 0. The fourth-order valence-corrected chi connectivity index (χ4v) is 5.68. The first kappa shape index (κ1) is 67.3. The van der Waals surface area contributed by atoms with Gasteiger partial charge in [0.1, 0.15) is 0 Å². The van der Waals surface area contributed by atoms with Gasteiger partial charge in [-0.2, -0.15) is 0 Å². The first-order valence-electron chi connectivity index (χ1n) is 27.3. The Labute approximate surface area is 380 Å². The summed E-state index contributed by atoms with van der Waals surface area (Å²) in [6, 6.07) is 10.5. The highest BCUT2D eigenvalue weighted by molar-refractivity contribution is 5.13. The molecule has 1 aromatic rings. The van der Waals surface area contributed by atoms with E-state index in [1.807, 2.05) is 6.07 Å². The lowest BCUT2D eigenvalue weighted by Crippen LogP contribution is -2.08. The maximum Gasteiger partial charge on any atom is -0.0307 e. The zero-order valence-corrected chi connectivity index (χ0v) is 45.2. The molecule has 6 rings (SSSR count). The lowest BCUT2D eigenvalue weighted by molar-refractivity contribution is 0.307. The van der Waals surface area contributed by atoms with Gasteiger partial charge < -0.3 is 0 Å². The summed E-state index contributed by atoms with van der Waals surface area (Å²) in [6.07, 6.45) is 40.1. The first-order valence-corrected chi connectivity index (χ1v) is 27.3. The third kappa shape index (κ3) is 72.0. The van der Waals surface area contributed by atoms with Crippen LogP contribution >= 0.6 is 0 Å². The molecule has 0 spiro atoms. The highest BCUT2D eigenvalue weighted by Gasteiger charge is 2.17. The molecule has 0 saturated heterocycles. The lowest BCUT2D eigenvalue weighted by Gasteiger charge is -2.22. The molecule has 0 radical (unpaired) electrons. The summed E-state index contributed by atoms with van der Waals surface area (Å²) in [4.78, 5) is 0. The quantitative estimate of drug-likeness (QED) is 0.233. The molecule has 5 saturated carbocycles. The van der Waals surface area contributed by atoms with Crippen LogP contribution in [0.5, 0.6) is 0 Å². The second kappa shape index (κ2) is 57.2. The van der Waals surface area contributed by atoms with Gasteiger partial charge in [0, 0.05) is 0 Å². The number of rotatable bonds is 9. The van der Waals surface area contributed by atoms with E-state index in [4.69, 9.17) is 0 Å². The Morgan fingerprint density at radius 1 is 0.424 bits per heavy atom. The smallest absolute Gasteiger partial charge is 0.0307 e. The van der Waals surface area contributed by atoms with Crippen molar-refractivity contribution in [3.05, 3.63) is 35.9 Å². The molecule has 0 atom stereocenters. The summed E-state index contributed by atoms with van der Waals surface area (Å²) in [5.74, 6) is 7.23. The largest absolute Gasteiger partial charge is 0.0656 e. The van der Waals surface area contributed by atoms with Crippen molar-refractivity contribution in [2.24, 2.45) is 41.4 Å². The van der Waals surface area contributed by atoms with E-state index in [-0.39, 0.29) is 0 Å². The molecule has 0 heterocycles. The zero-order valence-electron chi connectivity index (χ0n) is 45.2. The van der Waals surface area contributed by atoms with Crippen LogP contribution in [0.25, 0.3) is 0 Å². The van der Waals surface area contributed by atoms with Crippen LogP contribution in [0.15, 0.2) is 30.3 Å². The number of benzene rings is 1. The van der Waals surface area contributed by atoms with E-state index in [0.29, 0.717) is 0 Å². The predicted molar refractivity (Wildman–Crippen MR) is 281 cm³/mol. The minimum atomic E-state index is 0.833. The molecule has 0 heteroatoms. The standard InChI is InChI=1S/C8H16.C8H10.C7H14.C6H12.C5H10.2C5H12.C4H8.2C4H10.C3H8/c2*1-2-8-6-4-3-5-7-8;1-2-7-5-3-4-6-7;1-2-6-4-3-5-6;1-2-5-3-4-5;1-4-5(2)3;1-3-5-4-2;1-4-2-3-4;1-4(2)3;1-3-4-2;1-3-2/h8H,2-7H2,1H3;3-7H,2H2,1H3;7H,2-6H2,1H3;6H,2-5H2,1H3;5H,2-4H2,1H3;5H,4H2,1-3H3;3-5H2,1-2H3;4H,2-3H2,1H3;4H,1-3H3;3-4H2,1-2H3;3H2,1-2H3. The SMILES string of the molecule is CC(C)C.CC1CC1.CCC.CCC(C)C.CCC1CC1.CCC1CCC1.CCC1CCCC1.CCC1CCCCC1.CCCC.CCCCC.CCc1ccccc1. The Bertz CT molecular complexity index is 756. The highest BCUT2D eigenvalue weighted by atomic mass is 14.2. The van der Waals surface area contributed by atoms with E-state index in [0.717, 1.165) is 47.8 Å². The molecule has 5 aliphatic rings. The Balaban J connectivity index is -0.000000184. The average Bonchev–Trinajstić information content (AvgIpc) is 4.18. The fraction of sp³-hybridized carbons (Fsp3) is 0.898. The molecule has 358 valence electrons. The maximum atomic E-state index is 2.32. The van der Waals surface area contributed by atoms with Crippen LogP contribution in [0.2, 0.25) is 0 Å². The van der Waals surface area contributed by atoms with Crippen LogP contribution in [0.4, 0.5) is 0 Å². The number of aryl methyl sites for hydroxylation is 1. The molecule has 0 aromatic heterocycles. The van der Waals surface area contributed by atoms with Crippen molar-refractivity contribution in [3.63, 3.8) is 0 Å². The lowest BCUT2D eigenvalue weighted by atomic mass is 9.84. The summed E-state index contributed by atoms with van der Waals surface area (Å²) in [5, 5.41) is 0. The van der Waals surface area contributed by atoms with Crippen molar-refractivity contribution in [1.82, 2.24) is 0 Å². The monoisotopic (exact) mass is 831 g/mol. The second-order valence-corrected chi connectivity index (χ2v) is 19.6. The minimum absolute atomic E-state index is 0.833. The third-order valence-electron chi connectivity index (χ3n) is 11.6. The van der Waals surface area contributed by atoms with Gasteiger partial charge in [-0.1, -0.05) is 328 Å². The van der Waals surface area contributed by atoms with Gasteiger partial charge in [0.05, 0.1) is 0 Å². The van der Waals surface area contributed by atoms with Crippen molar-refractivity contribution in [2.75, 3.05) is 0 Å². The molecule has 5 fully saturated rings. The third-order valence-corrected chi connectivity index (χ3v) is 11.6. The van der Waals surface area contributed by atoms with Crippen molar-refractivity contribution >= 4 is 0 Å². The van der Waals surface area contributed by atoms with Gasteiger partial charge in [-0.05, 0) is 53.4 Å². The summed E-state index contributed by atoms with van der Waals surface area (Å²) in [5.41, 5.74) is 1.41. The Hall–Kier alpha value is -0.780. The Kier molecular flexibility index (Phi) is 65.3. The van der Waals surface area contributed by atoms with Gasteiger partial charge in [0.2, 0.25) is 0 Å². The van der Waals surface area contributed by atoms with Crippen molar-refractivity contribution < 1.29 is 0 Å². The molecule has 1 aromatic carbocycles. The summed E-state index contributed by atoms with van der Waals surface area (Å²) in [7, 11) is 0. The fourth-order valence-electron chi connectivity index (χ4n) is 5.68. The normalized spacial score (nSPS) is 16.3. The van der Waals surface area contributed by atoms with E-state index >= 15 is 0 Å². The molecule has 0 unspecified atom stereocenters. The zero-order chi connectivity index (χ0) is 46.0. The van der Waals surface area contributed by atoms with Crippen LogP contribution < -0.4 is 0 Å². The van der Waals surface area contributed by atoms with Gasteiger partial charge in [-0.3, -0.25) is 0 Å². The van der Waals surface area contributed by atoms with Crippen molar-refractivity contribution in [1.29, 1.82) is 0 Å². The van der Waals surface area contributed by atoms with E-state index < -0.39 is 0 Å². The van der Waals surface area contributed by atoms with Crippen molar-refractivity contribution in [3.8, 4) is 0 Å². The number of unbranched alkanes of at least 4 members (excludes halogenated alkanes) is 3. The molecular formula is C59H122. The van der Waals surface area contributed by atoms with E-state index in [1.54, 1.807) is 0 Å². The Morgan fingerprint density at radius 3 is 0.831 bits per heavy atom. The molecule has 0 amide bonds. The average molecular weight is 832 g/mol. The van der Waals surface area contributed by atoms with Gasteiger partial charge >= 0.3 is 0 Å². The van der Waals surface area contributed by atoms with Crippen LogP contribution in [0, 0.1) is 41.4 Å². The molecule has 5 aliphatic carbocycles. The van der Waals surface area contributed by atoms with Gasteiger partial charge in [-0.15, -0.1) is 0 Å². The molecule has 0 nitrogen and oxygen atoms in total. The highest BCUT2D eigenvalue weighted by Crippen LogP contribution is 2.31. The molecular weight excluding hydrogens is 709 g/mol. The van der Waals surface area contributed by atoms with E-state index in [9.17, 15) is 0 Å². The minimum Gasteiger partial charge on any atom is -0.0656 e. The second-order valence-electron chi connectivity index (χ2n) is 19.6. The number of hydrogen-bond donors (Lipinski definition) is 0. The molecule has 0 bridgehead atoms. The van der Waals surface area contributed by atoms with Crippen LogP contribution in [0.3, 0.4) is 0 Å². The summed E-state index contributed by atoms with van der Waals surface area (Å²) in [6.45, 7) is 39.8. The van der Waals surface area contributed by atoms with E-state index in [2.05, 4.69) is 149 Å². The van der Waals surface area contributed by atoms with Gasteiger partial charge in [0.15, 0.2) is 0 Å². The van der Waals surface area contributed by atoms with Crippen molar-refractivity contribution in [2.45, 2.75) is 304 Å². The molecule has 59 heavy (non-hydrogen) atoms.